The Morgan fingerprint density at radius 2 is 1.22 bits per heavy atom. The van der Waals surface area contributed by atoms with E-state index < -0.39 is 17.9 Å². The summed E-state index contributed by atoms with van der Waals surface area (Å²) < 4.78 is 0. The summed E-state index contributed by atoms with van der Waals surface area (Å²) in [5.41, 5.74) is 0.964. The zero-order chi connectivity index (χ0) is 19.8. The Bertz CT molecular complexity index is 635. The van der Waals surface area contributed by atoms with Crippen LogP contribution >= 0.6 is 0 Å². The second-order valence-corrected chi connectivity index (χ2v) is 6.90. The Morgan fingerprint density at radius 1 is 0.778 bits per heavy atom. The summed E-state index contributed by atoms with van der Waals surface area (Å²) in [6.45, 7) is -0.508. The van der Waals surface area contributed by atoms with E-state index in [4.69, 9.17) is 0 Å². The van der Waals surface area contributed by atoms with Crippen LogP contribution in [0.25, 0.3) is 0 Å². The molecule has 148 valence electrons. The standard InChI is InChI=1S/C19H26N2O6/c22-17(23)11-20(10-14-6-2-1-3-7-14)15-8-4-5-9-16(15)21(12-18(24)25)13-19(26)27/h1-3,6-7,15-16H,4-5,8-13H2,(H,22,23)(H,24,25)(H,26,27)/t15-,16-/m1/s1. The highest BCUT2D eigenvalue weighted by Gasteiger charge is 2.36. The summed E-state index contributed by atoms with van der Waals surface area (Å²) in [5.74, 6) is -3.14. The molecule has 2 rings (SSSR count). The maximum absolute atomic E-state index is 11.4. The molecule has 27 heavy (non-hydrogen) atoms. The fourth-order valence-electron chi connectivity index (χ4n) is 3.86. The van der Waals surface area contributed by atoms with Crippen LogP contribution in [0.2, 0.25) is 0 Å². The van der Waals surface area contributed by atoms with Gasteiger partial charge in [0.15, 0.2) is 0 Å². The van der Waals surface area contributed by atoms with Crippen molar-refractivity contribution in [3.63, 3.8) is 0 Å². The third kappa shape index (κ3) is 6.65. The number of nitrogens with zero attached hydrogens (tertiary/aromatic N) is 2. The van der Waals surface area contributed by atoms with Crippen LogP contribution in [0.3, 0.4) is 0 Å². The lowest BCUT2D eigenvalue weighted by molar-refractivity contribution is -0.146. The molecule has 0 heterocycles. The van der Waals surface area contributed by atoms with Crippen LogP contribution in [0.1, 0.15) is 31.2 Å². The molecule has 1 aromatic carbocycles. The summed E-state index contributed by atoms with van der Waals surface area (Å²) in [7, 11) is 0. The van der Waals surface area contributed by atoms with Gasteiger partial charge in [-0.15, -0.1) is 0 Å². The number of aliphatic carboxylic acids is 3. The SMILES string of the molecule is O=C(O)CN(CC(=O)O)[C@@H]1CCCC[C@H]1N(CC(=O)O)Cc1ccccc1. The predicted molar refractivity (Wildman–Crippen MR) is 97.4 cm³/mol. The number of hydrogen-bond donors (Lipinski definition) is 3. The van der Waals surface area contributed by atoms with Gasteiger partial charge in [0.1, 0.15) is 0 Å². The third-order valence-electron chi connectivity index (χ3n) is 4.88. The largest absolute Gasteiger partial charge is 0.480 e. The number of hydrogen-bond acceptors (Lipinski definition) is 5. The lowest BCUT2D eigenvalue weighted by Crippen LogP contribution is -2.56. The van der Waals surface area contributed by atoms with E-state index in [2.05, 4.69) is 0 Å². The van der Waals surface area contributed by atoms with Gasteiger partial charge in [0.25, 0.3) is 0 Å². The van der Waals surface area contributed by atoms with Crippen LogP contribution in [-0.2, 0) is 20.9 Å². The maximum atomic E-state index is 11.4. The number of rotatable bonds is 10. The second kappa shape index (κ2) is 10.0. The molecule has 8 nitrogen and oxygen atoms in total. The number of carbonyl (C=O) groups is 3. The van der Waals surface area contributed by atoms with E-state index in [1.807, 2.05) is 35.2 Å². The van der Waals surface area contributed by atoms with E-state index in [0.717, 1.165) is 18.4 Å². The van der Waals surface area contributed by atoms with Crippen molar-refractivity contribution in [2.45, 2.75) is 44.3 Å². The molecule has 1 aromatic rings. The van der Waals surface area contributed by atoms with E-state index in [1.165, 1.54) is 4.90 Å². The summed E-state index contributed by atoms with van der Waals surface area (Å²) in [4.78, 5) is 37.2. The number of carboxylic acids is 3. The lowest BCUT2D eigenvalue weighted by atomic mass is 9.87. The normalized spacial score (nSPS) is 19.9. The van der Waals surface area contributed by atoms with Crippen molar-refractivity contribution < 1.29 is 29.7 Å². The zero-order valence-corrected chi connectivity index (χ0v) is 15.2. The van der Waals surface area contributed by atoms with Crippen LogP contribution in [0.4, 0.5) is 0 Å². The topological polar surface area (TPSA) is 118 Å². The molecule has 0 bridgehead atoms. The smallest absolute Gasteiger partial charge is 0.317 e. The van der Waals surface area contributed by atoms with Gasteiger partial charge in [-0.3, -0.25) is 24.2 Å². The van der Waals surface area contributed by atoms with Gasteiger partial charge < -0.3 is 15.3 Å². The van der Waals surface area contributed by atoms with E-state index in [9.17, 15) is 29.7 Å². The van der Waals surface area contributed by atoms with E-state index >= 15 is 0 Å². The zero-order valence-electron chi connectivity index (χ0n) is 15.2. The highest BCUT2D eigenvalue weighted by Crippen LogP contribution is 2.28. The minimum Gasteiger partial charge on any atom is -0.480 e. The maximum Gasteiger partial charge on any atom is 0.317 e. The van der Waals surface area contributed by atoms with Crippen LogP contribution in [0.15, 0.2) is 30.3 Å². The molecule has 3 N–H and O–H groups in total. The van der Waals surface area contributed by atoms with Gasteiger partial charge in [-0.05, 0) is 18.4 Å². The number of benzene rings is 1. The first kappa shape index (κ1) is 20.9. The van der Waals surface area contributed by atoms with Gasteiger partial charge in [0.05, 0.1) is 19.6 Å². The lowest BCUT2D eigenvalue weighted by Gasteiger charge is -2.44. The molecule has 0 amide bonds. The van der Waals surface area contributed by atoms with Crippen molar-refractivity contribution in [2.24, 2.45) is 0 Å². The summed E-state index contributed by atoms with van der Waals surface area (Å²) in [6, 6.07) is 8.96. The molecule has 0 aliphatic heterocycles. The predicted octanol–water partition coefficient (Wildman–Crippen LogP) is 1.36. The van der Waals surface area contributed by atoms with Crippen LogP contribution < -0.4 is 0 Å². The van der Waals surface area contributed by atoms with Crippen molar-refractivity contribution in [2.75, 3.05) is 19.6 Å². The van der Waals surface area contributed by atoms with E-state index in [1.54, 1.807) is 0 Å². The van der Waals surface area contributed by atoms with Crippen molar-refractivity contribution >= 4 is 17.9 Å². The van der Waals surface area contributed by atoms with Gasteiger partial charge >= 0.3 is 17.9 Å². The monoisotopic (exact) mass is 378 g/mol. The molecular weight excluding hydrogens is 352 g/mol. The molecule has 1 aliphatic carbocycles. The fraction of sp³-hybridized carbons (Fsp3) is 0.526. The minimum atomic E-state index is -1.09. The van der Waals surface area contributed by atoms with Crippen LogP contribution in [0.5, 0.6) is 0 Å². The Hall–Kier alpha value is -2.45. The molecule has 0 unspecified atom stereocenters. The molecule has 8 heteroatoms. The Balaban J connectivity index is 2.26. The Morgan fingerprint density at radius 3 is 1.70 bits per heavy atom. The molecule has 0 aromatic heterocycles. The number of carboxylic acid groups (broad SMARTS) is 3. The quantitative estimate of drug-likeness (QED) is 0.558. The highest BCUT2D eigenvalue weighted by atomic mass is 16.4. The van der Waals surface area contributed by atoms with Crippen molar-refractivity contribution in [3.05, 3.63) is 35.9 Å². The van der Waals surface area contributed by atoms with Gasteiger partial charge in [-0.2, -0.15) is 0 Å². The molecule has 2 atom stereocenters. The molecule has 0 spiro atoms. The first-order valence-corrected chi connectivity index (χ1v) is 9.04. The van der Waals surface area contributed by atoms with E-state index in [-0.39, 0.29) is 31.7 Å². The van der Waals surface area contributed by atoms with E-state index in [0.29, 0.717) is 19.4 Å². The Kier molecular flexibility index (Phi) is 7.75. The first-order valence-electron chi connectivity index (χ1n) is 9.04. The van der Waals surface area contributed by atoms with Crippen LogP contribution in [-0.4, -0.2) is 74.7 Å². The highest BCUT2D eigenvalue weighted by molar-refractivity contribution is 5.72. The molecule has 1 saturated carbocycles. The second-order valence-electron chi connectivity index (χ2n) is 6.90. The van der Waals surface area contributed by atoms with Crippen LogP contribution in [0, 0.1) is 0 Å². The summed E-state index contributed by atoms with van der Waals surface area (Å²) >= 11 is 0. The van der Waals surface area contributed by atoms with Gasteiger partial charge in [0.2, 0.25) is 0 Å². The molecular formula is C19H26N2O6. The third-order valence-corrected chi connectivity index (χ3v) is 4.88. The first-order chi connectivity index (χ1) is 12.9. The fourth-order valence-corrected chi connectivity index (χ4v) is 3.86. The summed E-state index contributed by atoms with van der Waals surface area (Å²) in [6.07, 6.45) is 3.12. The molecule has 0 saturated heterocycles. The molecule has 1 fully saturated rings. The Labute approximate surface area is 158 Å². The van der Waals surface area contributed by atoms with Crippen molar-refractivity contribution in [3.8, 4) is 0 Å². The summed E-state index contributed by atoms with van der Waals surface area (Å²) in [5, 5.41) is 27.7. The average Bonchev–Trinajstić information content (AvgIpc) is 2.60. The molecule has 1 aliphatic rings. The van der Waals surface area contributed by atoms with Gasteiger partial charge in [-0.1, -0.05) is 43.2 Å². The average molecular weight is 378 g/mol. The van der Waals surface area contributed by atoms with Gasteiger partial charge in [0, 0.05) is 18.6 Å². The molecule has 0 radical (unpaired) electrons. The minimum absolute atomic E-state index is 0.177. The van der Waals surface area contributed by atoms with Crippen molar-refractivity contribution in [1.29, 1.82) is 0 Å². The van der Waals surface area contributed by atoms with Crippen molar-refractivity contribution in [1.82, 2.24) is 9.80 Å². The van der Waals surface area contributed by atoms with Gasteiger partial charge in [-0.25, -0.2) is 0 Å².